The molecule has 1 unspecified atom stereocenters. The lowest BCUT2D eigenvalue weighted by atomic mass is 9.92. The zero-order chi connectivity index (χ0) is 14.6. The second-order valence-electron chi connectivity index (χ2n) is 4.96. The molecule has 104 valence electrons. The molecule has 0 aromatic carbocycles. The predicted octanol–water partition coefficient (Wildman–Crippen LogP) is 2.69. The molecule has 0 aliphatic rings. The van der Waals surface area contributed by atoms with Crippen LogP contribution in [0, 0.1) is 10.1 Å². The van der Waals surface area contributed by atoms with E-state index in [-0.39, 0.29) is 4.92 Å². The zero-order valence-corrected chi connectivity index (χ0v) is 11.4. The van der Waals surface area contributed by atoms with Gasteiger partial charge in [-0.3, -0.25) is 15.1 Å². The van der Waals surface area contributed by atoms with Crippen molar-refractivity contribution in [2.75, 3.05) is 5.32 Å². The lowest BCUT2D eigenvalue weighted by Gasteiger charge is -2.27. The molecule has 2 heterocycles. The van der Waals surface area contributed by atoms with E-state index in [4.69, 9.17) is 0 Å². The Morgan fingerprint density at radius 2 is 1.80 bits per heavy atom. The first-order chi connectivity index (χ1) is 9.51. The van der Waals surface area contributed by atoms with E-state index < -0.39 is 11.6 Å². The standard InChI is InChI=1S/C14H16N4O2/c1-14(2,18(19)20)13(11-7-3-5-9-15-11)17-12-8-4-6-10-16-12/h3-10,13H,1-2H3,(H,16,17). The summed E-state index contributed by atoms with van der Waals surface area (Å²) in [7, 11) is 0. The molecule has 0 bridgehead atoms. The molecule has 0 radical (unpaired) electrons. The largest absolute Gasteiger partial charge is 0.355 e. The van der Waals surface area contributed by atoms with Gasteiger partial charge in [0.05, 0.1) is 5.69 Å². The summed E-state index contributed by atoms with van der Waals surface area (Å²) in [6, 6.07) is 10.2. The third-order valence-electron chi connectivity index (χ3n) is 3.12. The molecule has 0 amide bonds. The van der Waals surface area contributed by atoms with Crippen LogP contribution in [0.15, 0.2) is 48.8 Å². The molecule has 1 N–H and O–H groups in total. The summed E-state index contributed by atoms with van der Waals surface area (Å²) in [6.07, 6.45) is 3.26. The molecule has 6 nitrogen and oxygen atoms in total. The van der Waals surface area contributed by atoms with E-state index in [1.807, 2.05) is 12.1 Å². The highest BCUT2D eigenvalue weighted by Gasteiger charge is 2.43. The second-order valence-corrected chi connectivity index (χ2v) is 4.96. The summed E-state index contributed by atoms with van der Waals surface area (Å²) >= 11 is 0. The van der Waals surface area contributed by atoms with E-state index in [9.17, 15) is 10.1 Å². The van der Waals surface area contributed by atoms with Gasteiger partial charge in [0.15, 0.2) is 0 Å². The van der Waals surface area contributed by atoms with E-state index in [1.54, 1.807) is 50.5 Å². The molecule has 0 saturated carbocycles. The topological polar surface area (TPSA) is 81.0 Å². The van der Waals surface area contributed by atoms with Crippen LogP contribution in [0.3, 0.4) is 0 Å². The maximum atomic E-state index is 11.3. The molecule has 1 atom stereocenters. The Morgan fingerprint density at radius 3 is 2.30 bits per heavy atom. The molecule has 20 heavy (non-hydrogen) atoms. The minimum absolute atomic E-state index is 0.303. The third-order valence-corrected chi connectivity index (χ3v) is 3.12. The number of anilines is 1. The van der Waals surface area contributed by atoms with Crippen molar-refractivity contribution >= 4 is 5.82 Å². The van der Waals surface area contributed by atoms with E-state index in [0.29, 0.717) is 11.5 Å². The molecular weight excluding hydrogens is 256 g/mol. The van der Waals surface area contributed by atoms with Gasteiger partial charge < -0.3 is 5.32 Å². The van der Waals surface area contributed by atoms with Crippen molar-refractivity contribution in [1.29, 1.82) is 0 Å². The van der Waals surface area contributed by atoms with E-state index in [0.717, 1.165) is 0 Å². The highest BCUT2D eigenvalue weighted by molar-refractivity contribution is 5.37. The highest BCUT2D eigenvalue weighted by atomic mass is 16.6. The van der Waals surface area contributed by atoms with Gasteiger partial charge in [-0.25, -0.2) is 4.98 Å². The minimum atomic E-state index is -1.22. The number of rotatable bonds is 5. The van der Waals surface area contributed by atoms with Gasteiger partial charge in [-0.2, -0.15) is 0 Å². The van der Waals surface area contributed by atoms with Gasteiger partial charge in [-0.1, -0.05) is 12.1 Å². The molecule has 0 aliphatic heterocycles. The van der Waals surface area contributed by atoms with Crippen molar-refractivity contribution in [2.45, 2.75) is 25.4 Å². The Hall–Kier alpha value is -2.50. The van der Waals surface area contributed by atoms with Gasteiger partial charge in [0.25, 0.3) is 0 Å². The normalized spacial score (nSPS) is 12.7. The van der Waals surface area contributed by atoms with E-state index in [1.165, 1.54) is 0 Å². The van der Waals surface area contributed by atoms with E-state index in [2.05, 4.69) is 15.3 Å². The van der Waals surface area contributed by atoms with Crippen LogP contribution in [0.4, 0.5) is 5.82 Å². The number of nitrogens with zero attached hydrogens (tertiary/aromatic N) is 3. The number of pyridine rings is 2. The number of hydrogen-bond donors (Lipinski definition) is 1. The highest BCUT2D eigenvalue weighted by Crippen LogP contribution is 2.30. The van der Waals surface area contributed by atoms with Crippen LogP contribution in [-0.2, 0) is 0 Å². The molecule has 0 spiro atoms. The van der Waals surface area contributed by atoms with Gasteiger partial charge in [-0.05, 0) is 24.3 Å². The van der Waals surface area contributed by atoms with Crippen LogP contribution >= 0.6 is 0 Å². The number of hydrogen-bond acceptors (Lipinski definition) is 5. The number of aromatic nitrogens is 2. The van der Waals surface area contributed by atoms with Crippen LogP contribution < -0.4 is 5.32 Å². The fourth-order valence-electron chi connectivity index (χ4n) is 1.86. The number of nitrogens with one attached hydrogen (secondary N) is 1. The van der Waals surface area contributed by atoms with Gasteiger partial charge in [0.1, 0.15) is 11.9 Å². The first kappa shape index (κ1) is 13.9. The average Bonchev–Trinajstić information content (AvgIpc) is 2.46. The predicted molar refractivity (Wildman–Crippen MR) is 75.9 cm³/mol. The monoisotopic (exact) mass is 272 g/mol. The molecule has 0 saturated heterocycles. The fourth-order valence-corrected chi connectivity index (χ4v) is 1.86. The van der Waals surface area contributed by atoms with Crippen LogP contribution in [0.1, 0.15) is 25.6 Å². The summed E-state index contributed by atoms with van der Waals surface area (Å²) < 4.78 is 0. The van der Waals surface area contributed by atoms with Crippen LogP contribution in [-0.4, -0.2) is 20.4 Å². The molecule has 2 rings (SSSR count). The Kier molecular flexibility index (Phi) is 3.93. The molecule has 2 aromatic rings. The second kappa shape index (κ2) is 5.64. The Balaban J connectivity index is 2.37. The van der Waals surface area contributed by atoms with Crippen LogP contribution in [0.25, 0.3) is 0 Å². The zero-order valence-electron chi connectivity index (χ0n) is 11.4. The summed E-state index contributed by atoms with van der Waals surface area (Å²) in [5.41, 5.74) is -0.605. The Morgan fingerprint density at radius 1 is 1.15 bits per heavy atom. The molecule has 0 fully saturated rings. The smallest absolute Gasteiger partial charge is 0.242 e. The van der Waals surface area contributed by atoms with Crippen molar-refractivity contribution in [1.82, 2.24) is 9.97 Å². The lowest BCUT2D eigenvalue weighted by molar-refractivity contribution is -0.564. The molecule has 0 aliphatic carbocycles. The van der Waals surface area contributed by atoms with Gasteiger partial charge in [0, 0.05) is 31.2 Å². The summed E-state index contributed by atoms with van der Waals surface area (Å²) in [5.74, 6) is 0.582. The quantitative estimate of drug-likeness (QED) is 0.668. The summed E-state index contributed by atoms with van der Waals surface area (Å²) in [5, 5.41) is 14.4. The molecular formula is C14H16N4O2. The van der Waals surface area contributed by atoms with Crippen molar-refractivity contribution < 1.29 is 4.92 Å². The van der Waals surface area contributed by atoms with Crippen molar-refractivity contribution in [3.05, 3.63) is 64.6 Å². The van der Waals surface area contributed by atoms with E-state index >= 15 is 0 Å². The van der Waals surface area contributed by atoms with Gasteiger partial charge in [-0.15, -0.1) is 0 Å². The first-order valence-corrected chi connectivity index (χ1v) is 6.25. The SMILES string of the molecule is CC(C)(C(Nc1ccccn1)c1ccccn1)[N+](=O)[O-]. The first-order valence-electron chi connectivity index (χ1n) is 6.25. The van der Waals surface area contributed by atoms with Gasteiger partial charge in [0.2, 0.25) is 5.54 Å². The third kappa shape index (κ3) is 2.90. The van der Waals surface area contributed by atoms with Crippen molar-refractivity contribution in [3.8, 4) is 0 Å². The molecule has 2 aromatic heterocycles. The Labute approximate surface area is 117 Å². The maximum absolute atomic E-state index is 11.3. The number of nitro groups is 1. The summed E-state index contributed by atoms with van der Waals surface area (Å²) in [4.78, 5) is 19.4. The average molecular weight is 272 g/mol. The van der Waals surface area contributed by atoms with Crippen molar-refractivity contribution in [2.24, 2.45) is 0 Å². The maximum Gasteiger partial charge on any atom is 0.242 e. The lowest BCUT2D eigenvalue weighted by Crippen LogP contribution is -2.42. The van der Waals surface area contributed by atoms with Crippen molar-refractivity contribution in [3.63, 3.8) is 0 Å². The molecule has 6 heteroatoms. The van der Waals surface area contributed by atoms with Crippen LogP contribution in [0.5, 0.6) is 0 Å². The van der Waals surface area contributed by atoms with Gasteiger partial charge >= 0.3 is 0 Å². The van der Waals surface area contributed by atoms with Crippen LogP contribution in [0.2, 0.25) is 0 Å². The minimum Gasteiger partial charge on any atom is -0.355 e. The summed E-state index contributed by atoms with van der Waals surface area (Å²) in [6.45, 7) is 3.14. The fraction of sp³-hybridized carbons (Fsp3) is 0.286. The Bertz CT molecular complexity index is 572.